The first-order valence-corrected chi connectivity index (χ1v) is 8.82. The van der Waals surface area contributed by atoms with Crippen LogP contribution in [0.25, 0.3) is 0 Å². The van der Waals surface area contributed by atoms with Crippen molar-refractivity contribution < 1.29 is 9.84 Å². The van der Waals surface area contributed by atoms with Crippen molar-refractivity contribution >= 4 is 15.9 Å². The maximum Gasteiger partial charge on any atom is 0.0802 e. The van der Waals surface area contributed by atoms with Gasteiger partial charge in [0, 0.05) is 23.6 Å². The minimum absolute atomic E-state index is 0.372. The van der Waals surface area contributed by atoms with Crippen molar-refractivity contribution in [1.82, 2.24) is 4.90 Å². The summed E-state index contributed by atoms with van der Waals surface area (Å²) in [5.74, 6) is 0. The quantitative estimate of drug-likeness (QED) is 0.898. The largest absolute Gasteiger partial charge is 0.388 e. The minimum atomic E-state index is -0.372. The maximum atomic E-state index is 10.4. The molecule has 1 aliphatic heterocycles. The zero-order valence-electron chi connectivity index (χ0n) is 12.4. The highest BCUT2D eigenvalue weighted by Crippen LogP contribution is 2.29. The molecule has 1 aromatic carbocycles. The van der Waals surface area contributed by atoms with Crippen LogP contribution in [0, 0.1) is 0 Å². The van der Waals surface area contributed by atoms with E-state index in [-0.39, 0.29) is 6.10 Å². The van der Waals surface area contributed by atoms with Gasteiger partial charge >= 0.3 is 0 Å². The van der Waals surface area contributed by atoms with Crippen LogP contribution >= 0.6 is 15.9 Å². The van der Waals surface area contributed by atoms with E-state index in [1.807, 2.05) is 24.3 Å². The molecule has 3 rings (SSSR count). The number of rotatable bonds is 4. The van der Waals surface area contributed by atoms with Gasteiger partial charge in [-0.1, -0.05) is 40.9 Å². The van der Waals surface area contributed by atoms with Crippen molar-refractivity contribution in [3.63, 3.8) is 0 Å². The summed E-state index contributed by atoms with van der Waals surface area (Å²) in [7, 11) is 0. The molecule has 3 atom stereocenters. The fourth-order valence-corrected chi connectivity index (χ4v) is 3.86. The molecule has 3 nitrogen and oxygen atoms in total. The van der Waals surface area contributed by atoms with E-state index in [2.05, 4.69) is 20.8 Å². The molecule has 1 heterocycles. The molecule has 0 amide bonds. The first-order chi connectivity index (χ1) is 10.2. The van der Waals surface area contributed by atoms with Gasteiger partial charge < -0.3 is 9.84 Å². The molecule has 0 radical (unpaired) electrons. The van der Waals surface area contributed by atoms with Gasteiger partial charge in [-0.25, -0.2) is 0 Å². The SMILES string of the molecule is OC(CCN1CCOC2CCCCC21)c1ccc(Br)cc1. The molecule has 3 unspecified atom stereocenters. The van der Waals surface area contributed by atoms with Gasteiger partial charge in [0.2, 0.25) is 0 Å². The molecule has 4 heteroatoms. The Kier molecular flexibility index (Phi) is 5.33. The molecule has 1 saturated heterocycles. The number of benzene rings is 1. The van der Waals surface area contributed by atoms with Gasteiger partial charge in [-0.05, 0) is 37.0 Å². The second-order valence-electron chi connectivity index (χ2n) is 6.15. The molecule has 1 aliphatic carbocycles. The van der Waals surface area contributed by atoms with Gasteiger partial charge in [-0.2, -0.15) is 0 Å². The van der Waals surface area contributed by atoms with Gasteiger partial charge in [-0.3, -0.25) is 4.90 Å². The first kappa shape index (κ1) is 15.5. The number of ether oxygens (including phenoxy) is 1. The Morgan fingerprint density at radius 1 is 1.24 bits per heavy atom. The Labute approximate surface area is 135 Å². The zero-order valence-corrected chi connectivity index (χ0v) is 14.0. The number of hydrogen-bond acceptors (Lipinski definition) is 3. The average Bonchev–Trinajstić information content (AvgIpc) is 2.53. The molecule has 1 saturated carbocycles. The van der Waals surface area contributed by atoms with Gasteiger partial charge in [0.1, 0.15) is 0 Å². The van der Waals surface area contributed by atoms with Crippen LogP contribution in [0.1, 0.15) is 43.8 Å². The van der Waals surface area contributed by atoms with Crippen LogP contribution in [0.3, 0.4) is 0 Å². The molecular formula is C17H24BrNO2. The van der Waals surface area contributed by atoms with Crippen molar-refractivity contribution in [1.29, 1.82) is 0 Å². The van der Waals surface area contributed by atoms with Crippen LogP contribution in [-0.2, 0) is 4.74 Å². The lowest BCUT2D eigenvalue weighted by atomic mass is 9.90. The van der Waals surface area contributed by atoms with E-state index in [4.69, 9.17) is 4.74 Å². The summed E-state index contributed by atoms with van der Waals surface area (Å²) in [6.45, 7) is 2.81. The lowest BCUT2D eigenvalue weighted by molar-refractivity contribution is -0.0904. The summed E-state index contributed by atoms with van der Waals surface area (Å²) in [6, 6.07) is 8.55. The highest BCUT2D eigenvalue weighted by molar-refractivity contribution is 9.10. The molecule has 2 fully saturated rings. The number of aliphatic hydroxyl groups is 1. The van der Waals surface area contributed by atoms with Gasteiger partial charge in [0.15, 0.2) is 0 Å². The smallest absolute Gasteiger partial charge is 0.0802 e. The molecule has 2 aliphatic rings. The number of morpholine rings is 1. The summed E-state index contributed by atoms with van der Waals surface area (Å²) in [6.07, 6.45) is 5.92. The third-order valence-corrected chi connectivity index (χ3v) is 5.32. The normalized spacial score (nSPS) is 28.1. The average molecular weight is 354 g/mol. The lowest BCUT2D eigenvalue weighted by Gasteiger charge is -2.44. The number of halogens is 1. The third kappa shape index (κ3) is 3.86. The molecule has 21 heavy (non-hydrogen) atoms. The monoisotopic (exact) mass is 353 g/mol. The van der Waals surface area contributed by atoms with E-state index in [1.54, 1.807) is 0 Å². The summed E-state index contributed by atoms with van der Waals surface area (Å²) in [4.78, 5) is 2.54. The maximum absolute atomic E-state index is 10.4. The van der Waals surface area contributed by atoms with Gasteiger partial charge in [0.05, 0.1) is 18.8 Å². The van der Waals surface area contributed by atoms with E-state index in [9.17, 15) is 5.11 Å². The van der Waals surface area contributed by atoms with Gasteiger partial charge in [0.25, 0.3) is 0 Å². The standard InChI is InChI=1S/C17H24BrNO2/c18-14-7-5-13(6-8-14)16(20)9-10-19-11-12-21-17-4-2-1-3-15(17)19/h5-8,15-17,20H,1-4,9-12H2. The van der Waals surface area contributed by atoms with E-state index in [0.29, 0.717) is 12.1 Å². The highest BCUT2D eigenvalue weighted by Gasteiger charge is 2.33. The summed E-state index contributed by atoms with van der Waals surface area (Å²) in [5.41, 5.74) is 1.01. The zero-order chi connectivity index (χ0) is 14.7. The Morgan fingerprint density at radius 3 is 2.81 bits per heavy atom. The Balaban J connectivity index is 1.55. The van der Waals surface area contributed by atoms with Crippen molar-refractivity contribution in [3.05, 3.63) is 34.3 Å². The van der Waals surface area contributed by atoms with Crippen molar-refractivity contribution in [2.75, 3.05) is 19.7 Å². The molecule has 1 aromatic rings. The van der Waals surface area contributed by atoms with Crippen LogP contribution in [0.15, 0.2) is 28.7 Å². The van der Waals surface area contributed by atoms with Crippen molar-refractivity contribution in [2.24, 2.45) is 0 Å². The Morgan fingerprint density at radius 2 is 2.00 bits per heavy atom. The van der Waals surface area contributed by atoms with E-state index < -0.39 is 0 Å². The molecule has 0 aromatic heterocycles. The lowest BCUT2D eigenvalue weighted by Crippen LogP contribution is -2.52. The predicted molar refractivity (Wildman–Crippen MR) is 87.3 cm³/mol. The van der Waals surface area contributed by atoms with Crippen LogP contribution in [-0.4, -0.2) is 41.8 Å². The second kappa shape index (κ2) is 7.23. The minimum Gasteiger partial charge on any atom is -0.388 e. The molecule has 116 valence electrons. The fourth-order valence-electron chi connectivity index (χ4n) is 3.59. The number of aliphatic hydroxyl groups excluding tert-OH is 1. The van der Waals surface area contributed by atoms with Crippen LogP contribution in [0.5, 0.6) is 0 Å². The van der Waals surface area contributed by atoms with E-state index in [0.717, 1.165) is 36.2 Å². The number of nitrogens with zero attached hydrogens (tertiary/aromatic N) is 1. The van der Waals surface area contributed by atoms with Gasteiger partial charge in [-0.15, -0.1) is 0 Å². The topological polar surface area (TPSA) is 32.7 Å². The Hall–Kier alpha value is -0.420. The fraction of sp³-hybridized carbons (Fsp3) is 0.647. The summed E-state index contributed by atoms with van der Waals surface area (Å²) >= 11 is 3.43. The van der Waals surface area contributed by atoms with Crippen molar-refractivity contribution in [2.45, 2.75) is 50.4 Å². The summed E-state index contributed by atoms with van der Waals surface area (Å²) < 4.78 is 6.96. The predicted octanol–water partition coefficient (Wildman–Crippen LogP) is 3.52. The third-order valence-electron chi connectivity index (χ3n) is 4.79. The van der Waals surface area contributed by atoms with E-state index in [1.165, 1.54) is 25.7 Å². The molecule has 1 N–H and O–H groups in total. The van der Waals surface area contributed by atoms with Crippen LogP contribution in [0.2, 0.25) is 0 Å². The molecule has 0 bridgehead atoms. The second-order valence-corrected chi connectivity index (χ2v) is 7.07. The highest BCUT2D eigenvalue weighted by atomic mass is 79.9. The number of hydrogen-bond donors (Lipinski definition) is 1. The molecule has 0 spiro atoms. The Bertz CT molecular complexity index is 449. The summed E-state index contributed by atoms with van der Waals surface area (Å²) in [5, 5.41) is 10.4. The molecular weight excluding hydrogens is 330 g/mol. The number of fused-ring (bicyclic) bond motifs is 1. The van der Waals surface area contributed by atoms with Crippen molar-refractivity contribution in [3.8, 4) is 0 Å². The van der Waals surface area contributed by atoms with E-state index >= 15 is 0 Å². The van der Waals surface area contributed by atoms with Crippen LogP contribution in [0.4, 0.5) is 0 Å². The van der Waals surface area contributed by atoms with Crippen LogP contribution < -0.4 is 0 Å². The first-order valence-electron chi connectivity index (χ1n) is 8.03.